The molecule has 0 bridgehead atoms. The maximum atomic E-state index is 12.0. The average molecular weight is 332 g/mol. The zero-order valence-corrected chi connectivity index (χ0v) is 12.7. The minimum atomic E-state index is -0.864. The van der Waals surface area contributed by atoms with E-state index in [-0.39, 0.29) is 23.7 Å². The van der Waals surface area contributed by atoms with Crippen molar-refractivity contribution in [3.63, 3.8) is 0 Å². The van der Waals surface area contributed by atoms with Crippen LogP contribution in [0.15, 0.2) is 36.5 Å². The Bertz CT molecular complexity index is 756. The van der Waals surface area contributed by atoms with Crippen molar-refractivity contribution in [1.82, 2.24) is 15.1 Å². The fraction of sp³-hybridized carbons (Fsp3) is 0.267. The number of aliphatic carboxylic acids is 1. The van der Waals surface area contributed by atoms with Gasteiger partial charge in [-0.2, -0.15) is 5.10 Å². The minimum absolute atomic E-state index is 0.0626. The Morgan fingerprint density at radius 2 is 2.08 bits per heavy atom. The summed E-state index contributed by atoms with van der Waals surface area (Å²) in [6.45, 7) is 0.357. The lowest BCUT2D eigenvalue weighted by Crippen LogP contribution is -2.25. The number of non-ortho nitro benzene ring substituents is 1. The summed E-state index contributed by atoms with van der Waals surface area (Å²) in [6.07, 6.45) is 2.65. The predicted molar refractivity (Wildman–Crippen MR) is 84.0 cm³/mol. The van der Waals surface area contributed by atoms with Crippen molar-refractivity contribution in [1.29, 1.82) is 0 Å². The molecule has 1 amide bonds. The van der Waals surface area contributed by atoms with Gasteiger partial charge >= 0.3 is 5.97 Å². The highest BCUT2D eigenvalue weighted by atomic mass is 16.6. The molecule has 0 saturated carbocycles. The van der Waals surface area contributed by atoms with E-state index in [9.17, 15) is 19.7 Å². The van der Waals surface area contributed by atoms with Crippen LogP contribution >= 0.6 is 0 Å². The van der Waals surface area contributed by atoms with Crippen LogP contribution in [0.5, 0.6) is 0 Å². The molecule has 1 heterocycles. The number of rotatable bonds is 8. The number of aromatic nitrogens is 2. The summed E-state index contributed by atoms with van der Waals surface area (Å²) in [4.78, 5) is 32.6. The second kappa shape index (κ2) is 7.86. The van der Waals surface area contributed by atoms with Gasteiger partial charge in [0.2, 0.25) is 0 Å². The van der Waals surface area contributed by atoms with Crippen molar-refractivity contribution in [2.45, 2.75) is 19.3 Å². The molecule has 1 aromatic heterocycles. The van der Waals surface area contributed by atoms with Crippen LogP contribution in [0, 0.1) is 10.1 Å². The number of amides is 1. The van der Waals surface area contributed by atoms with Crippen molar-refractivity contribution >= 4 is 17.6 Å². The van der Waals surface area contributed by atoms with Crippen LogP contribution in [-0.4, -0.2) is 38.2 Å². The second-order valence-corrected chi connectivity index (χ2v) is 5.03. The summed E-state index contributed by atoms with van der Waals surface area (Å²) in [5.41, 5.74) is 0.594. The molecule has 2 rings (SSSR count). The van der Waals surface area contributed by atoms with E-state index < -0.39 is 10.9 Å². The zero-order valence-electron chi connectivity index (χ0n) is 12.7. The van der Waals surface area contributed by atoms with Gasteiger partial charge in [0, 0.05) is 31.3 Å². The highest BCUT2D eigenvalue weighted by molar-refractivity contribution is 5.92. The molecule has 1 aromatic carbocycles. The highest BCUT2D eigenvalue weighted by Gasteiger charge is 2.12. The first kappa shape index (κ1) is 17.1. The normalized spacial score (nSPS) is 10.3. The lowest BCUT2D eigenvalue weighted by Gasteiger charge is -2.03. The number of hydrogen-bond donors (Lipinski definition) is 2. The molecule has 126 valence electrons. The van der Waals surface area contributed by atoms with Crippen LogP contribution in [0.2, 0.25) is 0 Å². The van der Waals surface area contributed by atoms with E-state index in [1.807, 2.05) is 0 Å². The summed E-state index contributed by atoms with van der Waals surface area (Å²) in [7, 11) is 0. The molecule has 0 atom stereocenters. The second-order valence-electron chi connectivity index (χ2n) is 5.03. The van der Waals surface area contributed by atoms with E-state index in [0.717, 1.165) is 0 Å². The van der Waals surface area contributed by atoms with E-state index >= 15 is 0 Å². The molecule has 0 aliphatic rings. The Labute approximate surface area is 137 Å². The molecule has 9 heteroatoms. The Balaban J connectivity index is 1.95. The van der Waals surface area contributed by atoms with Gasteiger partial charge in [-0.25, -0.2) is 4.68 Å². The Morgan fingerprint density at radius 3 is 2.79 bits per heavy atom. The van der Waals surface area contributed by atoms with Crippen LogP contribution in [0.3, 0.4) is 0 Å². The first-order valence-corrected chi connectivity index (χ1v) is 7.28. The summed E-state index contributed by atoms with van der Waals surface area (Å²) in [5, 5.41) is 26.1. The smallest absolute Gasteiger partial charge is 0.303 e. The number of nitro benzene ring substituents is 1. The average Bonchev–Trinajstić information content (AvgIpc) is 3.04. The molecule has 9 nitrogen and oxygen atoms in total. The zero-order chi connectivity index (χ0) is 17.5. The molecule has 0 saturated heterocycles. The van der Waals surface area contributed by atoms with Crippen LogP contribution in [-0.2, 0) is 4.79 Å². The van der Waals surface area contributed by atoms with Gasteiger partial charge in [0.1, 0.15) is 0 Å². The SMILES string of the molecule is O=C(O)CCCCNC(=O)c1ccn(-c2cccc([N+](=O)[O-])c2)n1. The largest absolute Gasteiger partial charge is 0.481 e. The number of carboxylic acid groups (broad SMARTS) is 1. The number of benzene rings is 1. The molecular weight excluding hydrogens is 316 g/mol. The Kier molecular flexibility index (Phi) is 5.61. The van der Waals surface area contributed by atoms with Crippen LogP contribution in [0.1, 0.15) is 29.8 Å². The third kappa shape index (κ3) is 4.63. The third-order valence-electron chi connectivity index (χ3n) is 3.23. The first-order chi connectivity index (χ1) is 11.5. The van der Waals surface area contributed by atoms with E-state index in [1.165, 1.54) is 28.9 Å². The van der Waals surface area contributed by atoms with E-state index in [0.29, 0.717) is 25.1 Å². The summed E-state index contributed by atoms with van der Waals surface area (Å²) >= 11 is 0. The van der Waals surface area contributed by atoms with Gasteiger partial charge in [0.25, 0.3) is 11.6 Å². The number of nitrogens with zero attached hydrogens (tertiary/aromatic N) is 3. The fourth-order valence-corrected chi connectivity index (χ4v) is 2.03. The molecule has 0 radical (unpaired) electrons. The molecular formula is C15H16N4O5. The highest BCUT2D eigenvalue weighted by Crippen LogP contribution is 2.16. The van der Waals surface area contributed by atoms with Crippen LogP contribution < -0.4 is 5.32 Å². The van der Waals surface area contributed by atoms with E-state index in [1.54, 1.807) is 12.3 Å². The maximum Gasteiger partial charge on any atom is 0.303 e. The topological polar surface area (TPSA) is 127 Å². The number of nitrogens with one attached hydrogen (secondary N) is 1. The number of unbranched alkanes of at least 4 members (excludes halogenated alkanes) is 1. The maximum absolute atomic E-state index is 12.0. The van der Waals surface area contributed by atoms with Gasteiger partial charge in [-0.1, -0.05) is 6.07 Å². The van der Waals surface area contributed by atoms with Gasteiger partial charge < -0.3 is 10.4 Å². The molecule has 0 aliphatic carbocycles. The number of nitro groups is 1. The summed E-state index contributed by atoms with van der Waals surface area (Å²) in [6, 6.07) is 7.43. The van der Waals surface area contributed by atoms with Crippen molar-refractivity contribution in [2.75, 3.05) is 6.54 Å². The molecule has 0 unspecified atom stereocenters. The molecule has 2 N–H and O–H groups in total. The lowest BCUT2D eigenvalue weighted by molar-refractivity contribution is -0.384. The monoisotopic (exact) mass is 332 g/mol. The third-order valence-corrected chi connectivity index (χ3v) is 3.23. The lowest BCUT2D eigenvalue weighted by atomic mass is 10.2. The van der Waals surface area contributed by atoms with Gasteiger partial charge in [-0.05, 0) is 25.0 Å². The van der Waals surface area contributed by atoms with Gasteiger partial charge in [0.15, 0.2) is 5.69 Å². The number of hydrogen-bond acceptors (Lipinski definition) is 5. The van der Waals surface area contributed by atoms with Crippen molar-refractivity contribution < 1.29 is 19.6 Å². The van der Waals surface area contributed by atoms with Crippen LogP contribution in [0.4, 0.5) is 5.69 Å². The molecule has 2 aromatic rings. The quantitative estimate of drug-likeness (QED) is 0.431. The van der Waals surface area contributed by atoms with E-state index in [4.69, 9.17) is 5.11 Å². The van der Waals surface area contributed by atoms with E-state index in [2.05, 4.69) is 10.4 Å². The number of carboxylic acids is 1. The molecule has 0 spiro atoms. The Hall–Kier alpha value is -3.23. The number of carbonyl (C=O) groups is 2. The van der Waals surface area contributed by atoms with Crippen molar-refractivity contribution in [3.05, 3.63) is 52.3 Å². The van der Waals surface area contributed by atoms with Crippen LogP contribution in [0.25, 0.3) is 5.69 Å². The molecule has 0 aliphatic heterocycles. The van der Waals surface area contributed by atoms with Gasteiger partial charge in [0.05, 0.1) is 10.6 Å². The summed E-state index contributed by atoms with van der Waals surface area (Å²) in [5.74, 6) is -1.24. The van der Waals surface area contributed by atoms with Gasteiger partial charge in [-0.3, -0.25) is 19.7 Å². The Morgan fingerprint density at radius 1 is 1.29 bits per heavy atom. The standard InChI is InChI=1S/C15H16N4O5/c20-14(21)6-1-2-8-16-15(22)13-7-9-18(17-13)11-4-3-5-12(10-11)19(23)24/h3-5,7,9-10H,1-2,6,8H2,(H,16,22)(H,20,21). The summed E-state index contributed by atoms with van der Waals surface area (Å²) < 4.78 is 1.38. The minimum Gasteiger partial charge on any atom is -0.481 e. The molecule has 24 heavy (non-hydrogen) atoms. The van der Waals surface area contributed by atoms with Gasteiger partial charge in [-0.15, -0.1) is 0 Å². The van der Waals surface area contributed by atoms with Crippen molar-refractivity contribution in [2.24, 2.45) is 0 Å². The fourth-order valence-electron chi connectivity index (χ4n) is 2.03. The number of carbonyl (C=O) groups excluding carboxylic acids is 1. The van der Waals surface area contributed by atoms with Crippen molar-refractivity contribution in [3.8, 4) is 5.69 Å². The first-order valence-electron chi connectivity index (χ1n) is 7.28. The predicted octanol–water partition coefficient (Wildman–Crippen LogP) is 1.77. The molecule has 0 fully saturated rings.